The summed E-state index contributed by atoms with van der Waals surface area (Å²) in [6.45, 7) is 1.01. The zero-order valence-corrected chi connectivity index (χ0v) is 16.1. The van der Waals surface area contributed by atoms with Gasteiger partial charge in [0.15, 0.2) is 0 Å². The Morgan fingerprint density at radius 1 is 1.10 bits per heavy atom. The third kappa shape index (κ3) is 4.02. The SMILES string of the molecule is COCCNC(=O)CN1C(c2ccccc2)=CC(c2ccccc2)n2nnnc21. The zero-order valence-electron chi connectivity index (χ0n) is 16.1. The number of aromatic nitrogens is 4. The van der Waals surface area contributed by atoms with E-state index in [1.54, 1.807) is 11.8 Å². The molecule has 1 unspecified atom stereocenters. The molecule has 0 spiro atoms. The number of carbonyl (C=O) groups is 1. The van der Waals surface area contributed by atoms with Gasteiger partial charge in [0.05, 0.1) is 12.3 Å². The van der Waals surface area contributed by atoms with Crippen molar-refractivity contribution in [1.82, 2.24) is 25.5 Å². The molecule has 2 aromatic carbocycles. The lowest BCUT2D eigenvalue weighted by molar-refractivity contribution is -0.119. The maximum Gasteiger partial charge on any atom is 0.251 e. The van der Waals surface area contributed by atoms with Gasteiger partial charge >= 0.3 is 0 Å². The molecular formula is C21H22N6O2. The highest BCUT2D eigenvalue weighted by molar-refractivity contribution is 5.89. The zero-order chi connectivity index (χ0) is 20.1. The highest BCUT2D eigenvalue weighted by Gasteiger charge is 2.31. The lowest BCUT2D eigenvalue weighted by atomic mass is 10.0. The molecule has 148 valence electrons. The van der Waals surface area contributed by atoms with E-state index in [1.807, 2.05) is 65.6 Å². The molecule has 1 atom stereocenters. The summed E-state index contributed by atoms with van der Waals surface area (Å²) in [7, 11) is 1.60. The van der Waals surface area contributed by atoms with Crippen LogP contribution in [-0.2, 0) is 9.53 Å². The second-order valence-corrected chi connectivity index (χ2v) is 6.63. The maximum atomic E-state index is 12.5. The van der Waals surface area contributed by atoms with Crippen molar-refractivity contribution in [3.05, 3.63) is 77.9 Å². The van der Waals surface area contributed by atoms with E-state index in [1.165, 1.54) is 0 Å². The van der Waals surface area contributed by atoms with Crippen molar-refractivity contribution in [3.8, 4) is 0 Å². The fourth-order valence-corrected chi connectivity index (χ4v) is 3.36. The number of amides is 1. The van der Waals surface area contributed by atoms with E-state index in [0.29, 0.717) is 19.1 Å². The Bertz CT molecular complexity index is 987. The van der Waals surface area contributed by atoms with Gasteiger partial charge in [0.2, 0.25) is 5.91 Å². The Labute approximate surface area is 168 Å². The third-order valence-electron chi connectivity index (χ3n) is 4.73. The summed E-state index contributed by atoms with van der Waals surface area (Å²) in [6.07, 6.45) is 2.09. The molecule has 1 amide bonds. The van der Waals surface area contributed by atoms with Gasteiger partial charge in [0.25, 0.3) is 5.95 Å². The molecule has 8 nitrogen and oxygen atoms in total. The molecule has 3 aromatic rings. The summed E-state index contributed by atoms with van der Waals surface area (Å²) in [5, 5.41) is 15.1. The van der Waals surface area contributed by atoms with Crippen LogP contribution in [0.15, 0.2) is 66.7 Å². The third-order valence-corrected chi connectivity index (χ3v) is 4.73. The van der Waals surface area contributed by atoms with Crippen LogP contribution in [-0.4, -0.2) is 52.9 Å². The Morgan fingerprint density at radius 3 is 2.55 bits per heavy atom. The number of methoxy groups -OCH3 is 1. The first-order valence-corrected chi connectivity index (χ1v) is 9.41. The lowest BCUT2D eigenvalue weighted by Gasteiger charge is -2.32. The molecule has 1 N–H and O–H groups in total. The van der Waals surface area contributed by atoms with Crippen LogP contribution in [0.1, 0.15) is 17.2 Å². The molecule has 0 saturated carbocycles. The average Bonchev–Trinajstić information content (AvgIpc) is 3.25. The number of nitrogens with zero attached hydrogens (tertiary/aromatic N) is 5. The summed E-state index contributed by atoms with van der Waals surface area (Å²) in [6, 6.07) is 19.8. The van der Waals surface area contributed by atoms with Crippen molar-refractivity contribution in [3.63, 3.8) is 0 Å². The minimum absolute atomic E-state index is 0.103. The van der Waals surface area contributed by atoms with E-state index < -0.39 is 0 Å². The van der Waals surface area contributed by atoms with Crippen molar-refractivity contribution in [2.75, 3.05) is 31.7 Å². The number of rotatable bonds is 7. The second-order valence-electron chi connectivity index (χ2n) is 6.63. The van der Waals surface area contributed by atoms with E-state index in [4.69, 9.17) is 4.74 Å². The summed E-state index contributed by atoms with van der Waals surface area (Å²) in [5.41, 5.74) is 2.95. The summed E-state index contributed by atoms with van der Waals surface area (Å²) in [4.78, 5) is 14.4. The first kappa shape index (κ1) is 18.8. The number of carbonyl (C=O) groups excluding carboxylic acids is 1. The average molecular weight is 390 g/mol. The molecule has 1 aromatic heterocycles. The van der Waals surface area contributed by atoms with Gasteiger partial charge in [-0.25, -0.2) is 0 Å². The summed E-state index contributed by atoms with van der Waals surface area (Å²) < 4.78 is 6.74. The number of anilines is 1. The van der Waals surface area contributed by atoms with Gasteiger partial charge in [-0.1, -0.05) is 65.8 Å². The van der Waals surface area contributed by atoms with Gasteiger partial charge in [0, 0.05) is 13.7 Å². The Balaban J connectivity index is 1.72. The quantitative estimate of drug-likeness (QED) is 0.620. The van der Waals surface area contributed by atoms with Gasteiger partial charge in [-0.05, 0) is 27.6 Å². The lowest BCUT2D eigenvalue weighted by Crippen LogP contribution is -2.40. The first-order valence-electron chi connectivity index (χ1n) is 9.41. The summed E-state index contributed by atoms with van der Waals surface area (Å²) in [5.74, 6) is 0.402. The van der Waals surface area contributed by atoms with Gasteiger partial charge < -0.3 is 10.1 Å². The van der Waals surface area contributed by atoms with E-state index in [2.05, 4.69) is 26.9 Å². The molecule has 2 heterocycles. The predicted octanol–water partition coefficient (Wildman–Crippen LogP) is 1.89. The summed E-state index contributed by atoms with van der Waals surface area (Å²) >= 11 is 0. The monoisotopic (exact) mass is 390 g/mol. The maximum absolute atomic E-state index is 12.5. The van der Waals surface area contributed by atoms with E-state index in [9.17, 15) is 4.79 Å². The number of nitrogens with one attached hydrogen (secondary N) is 1. The Morgan fingerprint density at radius 2 is 1.83 bits per heavy atom. The van der Waals surface area contributed by atoms with Crippen LogP contribution in [0.25, 0.3) is 5.70 Å². The van der Waals surface area contributed by atoms with E-state index in [0.717, 1.165) is 16.8 Å². The Hall–Kier alpha value is -3.52. The number of hydrogen-bond acceptors (Lipinski definition) is 6. The molecule has 0 radical (unpaired) electrons. The van der Waals surface area contributed by atoms with Crippen molar-refractivity contribution in [2.24, 2.45) is 0 Å². The molecule has 4 rings (SSSR count). The highest BCUT2D eigenvalue weighted by atomic mass is 16.5. The number of fused-ring (bicyclic) bond motifs is 1. The van der Waals surface area contributed by atoms with Crippen molar-refractivity contribution < 1.29 is 9.53 Å². The molecule has 29 heavy (non-hydrogen) atoms. The largest absolute Gasteiger partial charge is 0.383 e. The number of benzene rings is 2. The number of ether oxygens (including phenoxy) is 1. The normalized spacial score (nSPS) is 15.6. The van der Waals surface area contributed by atoms with E-state index in [-0.39, 0.29) is 18.5 Å². The highest BCUT2D eigenvalue weighted by Crippen LogP contribution is 2.35. The van der Waals surface area contributed by atoms with Crippen LogP contribution in [0, 0.1) is 0 Å². The van der Waals surface area contributed by atoms with Crippen LogP contribution in [0.4, 0.5) is 5.95 Å². The van der Waals surface area contributed by atoms with Crippen molar-refractivity contribution in [1.29, 1.82) is 0 Å². The van der Waals surface area contributed by atoms with Crippen LogP contribution in [0.5, 0.6) is 0 Å². The number of tetrazole rings is 1. The molecule has 1 aliphatic heterocycles. The number of allylic oxidation sites excluding steroid dienone is 1. The van der Waals surface area contributed by atoms with Gasteiger partial charge in [-0.2, -0.15) is 4.68 Å². The fraction of sp³-hybridized carbons (Fsp3) is 0.238. The van der Waals surface area contributed by atoms with Crippen LogP contribution in [0.2, 0.25) is 0 Å². The van der Waals surface area contributed by atoms with Gasteiger partial charge in [0.1, 0.15) is 12.6 Å². The molecule has 1 aliphatic rings. The Kier molecular flexibility index (Phi) is 5.62. The number of hydrogen-bond donors (Lipinski definition) is 1. The van der Waals surface area contributed by atoms with E-state index >= 15 is 0 Å². The molecule has 0 saturated heterocycles. The van der Waals surface area contributed by atoms with Crippen molar-refractivity contribution >= 4 is 17.6 Å². The van der Waals surface area contributed by atoms with Gasteiger partial charge in [-0.15, -0.1) is 0 Å². The predicted molar refractivity (Wildman–Crippen MR) is 109 cm³/mol. The molecule has 0 fully saturated rings. The first-order chi connectivity index (χ1) is 14.3. The smallest absolute Gasteiger partial charge is 0.251 e. The van der Waals surface area contributed by atoms with Crippen LogP contribution in [0.3, 0.4) is 0 Å². The molecular weight excluding hydrogens is 368 g/mol. The standard InChI is InChI=1S/C21H22N6O2/c1-29-13-12-22-20(28)15-26-18(16-8-4-2-5-9-16)14-19(17-10-6-3-7-11-17)27-21(26)23-24-25-27/h2-11,14,19H,12-13,15H2,1H3,(H,22,28). The topological polar surface area (TPSA) is 85.2 Å². The minimum Gasteiger partial charge on any atom is -0.383 e. The molecule has 8 heteroatoms. The fourth-order valence-electron chi connectivity index (χ4n) is 3.36. The molecule has 0 aliphatic carbocycles. The minimum atomic E-state index is -0.163. The van der Waals surface area contributed by atoms with Crippen LogP contribution < -0.4 is 10.2 Å². The molecule has 0 bridgehead atoms. The van der Waals surface area contributed by atoms with Gasteiger partial charge in [-0.3, -0.25) is 9.69 Å². The second kappa shape index (κ2) is 8.66. The van der Waals surface area contributed by atoms with Crippen molar-refractivity contribution in [2.45, 2.75) is 6.04 Å². The van der Waals surface area contributed by atoms with Crippen LogP contribution >= 0.6 is 0 Å².